The van der Waals surface area contributed by atoms with Gasteiger partial charge in [0.2, 0.25) is 10.1 Å². The lowest BCUT2D eigenvalue weighted by molar-refractivity contribution is -0.137. The third kappa shape index (κ3) is 3.61. The maximum absolute atomic E-state index is 12.7. The molecular weight excluding hydrogens is 329 g/mol. The molecule has 0 fully saturated rings. The number of anilines is 2. The third-order valence-electron chi connectivity index (χ3n) is 2.36. The minimum atomic E-state index is -4.60. The molecule has 0 aliphatic rings. The summed E-state index contributed by atoms with van der Waals surface area (Å²) >= 11 is 6.47. The van der Waals surface area contributed by atoms with Crippen molar-refractivity contribution >= 4 is 39.7 Å². The summed E-state index contributed by atoms with van der Waals surface area (Å²) in [6.45, 7) is 0. The molecule has 0 atom stereocenters. The number of hydrogen-bond donors (Lipinski definition) is 2. The SMILES string of the molecule is CNc1nnc(C(=O)Nc2ccc(Cl)c(C(F)(F)F)c2)s1. The number of alkyl halides is 3. The molecular formula is C11H8ClF3N4OS. The van der Waals surface area contributed by atoms with Crippen LogP contribution < -0.4 is 10.6 Å². The number of carbonyl (C=O) groups is 1. The number of halogens is 4. The maximum atomic E-state index is 12.7. The second kappa shape index (κ2) is 5.86. The van der Waals surface area contributed by atoms with Gasteiger partial charge in [0.25, 0.3) is 5.91 Å². The monoisotopic (exact) mass is 336 g/mol. The molecule has 0 spiro atoms. The molecule has 10 heteroatoms. The van der Waals surface area contributed by atoms with Crippen molar-refractivity contribution in [1.29, 1.82) is 0 Å². The van der Waals surface area contributed by atoms with Gasteiger partial charge >= 0.3 is 6.18 Å². The van der Waals surface area contributed by atoms with Gasteiger partial charge in [0.1, 0.15) is 0 Å². The Hall–Kier alpha value is -1.87. The number of nitrogens with zero attached hydrogens (tertiary/aromatic N) is 2. The highest BCUT2D eigenvalue weighted by molar-refractivity contribution is 7.17. The van der Waals surface area contributed by atoms with E-state index >= 15 is 0 Å². The van der Waals surface area contributed by atoms with E-state index in [1.54, 1.807) is 7.05 Å². The van der Waals surface area contributed by atoms with Gasteiger partial charge in [-0.25, -0.2) is 0 Å². The number of hydrogen-bond acceptors (Lipinski definition) is 5. The van der Waals surface area contributed by atoms with Crippen LogP contribution in [0.4, 0.5) is 24.0 Å². The van der Waals surface area contributed by atoms with Crippen LogP contribution >= 0.6 is 22.9 Å². The van der Waals surface area contributed by atoms with Gasteiger partial charge in [0.05, 0.1) is 10.6 Å². The molecule has 0 aliphatic carbocycles. The van der Waals surface area contributed by atoms with E-state index in [1.165, 1.54) is 6.07 Å². The molecule has 1 aromatic carbocycles. The van der Waals surface area contributed by atoms with Crippen molar-refractivity contribution in [3.8, 4) is 0 Å². The van der Waals surface area contributed by atoms with E-state index in [1.807, 2.05) is 0 Å². The fraction of sp³-hybridized carbons (Fsp3) is 0.182. The minimum absolute atomic E-state index is 0.0297. The summed E-state index contributed by atoms with van der Waals surface area (Å²) in [4.78, 5) is 11.8. The summed E-state index contributed by atoms with van der Waals surface area (Å²) in [5, 5.41) is 12.3. The first-order valence-corrected chi connectivity index (χ1v) is 6.70. The number of nitrogens with one attached hydrogen (secondary N) is 2. The van der Waals surface area contributed by atoms with Gasteiger partial charge in [-0.1, -0.05) is 22.9 Å². The van der Waals surface area contributed by atoms with Gasteiger partial charge in [0, 0.05) is 12.7 Å². The normalized spacial score (nSPS) is 11.3. The molecule has 0 saturated carbocycles. The summed E-state index contributed by atoms with van der Waals surface area (Å²) in [7, 11) is 1.61. The third-order valence-corrected chi connectivity index (χ3v) is 3.63. The van der Waals surface area contributed by atoms with E-state index in [9.17, 15) is 18.0 Å². The smallest absolute Gasteiger partial charge is 0.363 e. The van der Waals surface area contributed by atoms with Gasteiger partial charge in [-0.3, -0.25) is 4.79 Å². The van der Waals surface area contributed by atoms with Crippen LogP contribution in [0.3, 0.4) is 0 Å². The van der Waals surface area contributed by atoms with Crippen molar-refractivity contribution < 1.29 is 18.0 Å². The number of carbonyl (C=O) groups excluding carboxylic acids is 1. The van der Waals surface area contributed by atoms with E-state index in [0.29, 0.717) is 5.13 Å². The van der Waals surface area contributed by atoms with E-state index < -0.39 is 22.7 Å². The molecule has 1 heterocycles. The van der Waals surface area contributed by atoms with Crippen LogP contribution in [0.5, 0.6) is 0 Å². The molecule has 0 saturated heterocycles. The summed E-state index contributed by atoms with van der Waals surface area (Å²) in [6, 6.07) is 3.11. The van der Waals surface area contributed by atoms with Crippen molar-refractivity contribution in [2.45, 2.75) is 6.18 Å². The molecule has 1 aromatic heterocycles. The predicted octanol–water partition coefficient (Wildman–Crippen LogP) is 3.50. The second-order valence-electron chi connectivity index (χ2n) is 3.81. The highest BCUT2D eigenvalue weighted by atomic mass is 35.5. The zero-order valence-corrected chi connectivity index (χ0v) is 12.0. The number of amides is 1. The van der Waals surface area contributed by atoms with Crippen LogP contribution in [0.2, 0.25) is 5.02 Å². The molecule has 0 aliphatic heterocycles. The van der Waals surface area contributed by atoms with Gasteiger partial charge in [-0.15, -0.1) is 10.2 Å². The average molecular weight is 337 g/mol. The summed E-state index contributed by atoms with van der Waals surface area (Å²) < 4.78 is 38.1. The van der Waals surface area contributed by atoms with Crippen LogP contribution in [0.25, 0.3) is 0 Å². The van der Waals surface area contributed by atoms with Crippen LogP contribution in [0.1, 0.15) is 15.4 Å². The molecule has 0 unspecified atom stereocenters. The minimum Gasteiger partial charge on any atom is -0.363 e. The maximum Gasteiger partial charge on any atom is 0.417 e. The first kappa shape index (κ1) is 15.5. The first-order chi connectivity index (χ1) is 9.81. The summed E-state index contributed by atoms with van der Waals surface area (Å²) in [5.74, 6) is -0.649. The van der Waals surface area contributed by atoms with Crippen molar-refractivity contribution in [3.63, 3.8) is 0 Å². The molecule has 2 N–H and O–H groups in total. The highest BCUT2D eigenvalue weighted by Crippen LogP contribution is 2.36. The lowest BCUT2D eigenvalue weighted by Gasteiger charge is -2.11. The Morgan fingerprint density at radius 3 is 2.62 bits per heavy atom. The van der Waals surface area contributed by atoms with Crippen molar-refractivity contribution in [3.05, 3.63) is 33.8 Å². The van der Waals surface area contributed by atoms with E-state index in [4.69, 9.17) is 11.6 Å². The summed E-state index contributed by atoms with van der Waals surface area (Å²) in [6.07, 6.45) is -4.60. The molecule has 112 valence electrons. The molecule has 21 heavy (non-hydrogen) atoms. The Bertz CT molecular complexity index is 674. The van der Waals surface area contributed by atoms with Crippen LogP contribution in [0, 0.1) is 0 Å². The van der Waals surface area contributed by atoms with Crippen LogP contribution in [-0.4, -0.2) is 23.2 Å². The van der Waals surface area contributed by atoms with Crippen molar-refractivity contribution in [2.75, 3.05) is 17.7 Å². The number of benzene rings is 1. The lowest BCUT2D eigenvalue weighted by atomic mass is 10.2. The Morgan fingerprint density at radius 1 is 1.33 bits per heavy atom. The standard InChI is InChI=1S/C11H8ClF3N4OS/c1-16-10-19-18-9(21-10)8(20)17-5-2-3-7(12)6(4-5)11(13,14)15/h2-4H,1H3,(H,16,19)(H,17,20). The fourth-order valence-corrected chi connectivity index (χ4v) is 2.24. The Morgan fingerprint density at radius 2 is 2.05 bits per heavy atom. The van der Waals surface area contributed by atoms with E-state index in [0.717, 1.165) is 23.5 Å². The van der Waals surface area contributed by atoms with Crippen LogP contribution in [-0.2, 0) is 6.18 Å². The lowest BCUT2D eigenvalue weighted by Crippen LogP contribution is -2.13. The molecule has 2 aromatic rings. The van der Waals surface area contributed by atoms with Gasteiger partial charge in [-0.05, 0) is 18.2 Å². The number of aromatic nitrogens is 2. The van der Waals surface area contributed by atoms with Gasteiger partial charge in [0.15, 0.2) is 0 Å². The topological polar surface area (TPSA) is 66.9 Å². The Labute approximate surface area is 126 Å². The first-order valence-electron chi connectivity index (χ1n) is 5.50. The average Bonchev–Trinajstić information content (AvgIpc) is 2.88. The van der Waals surface area contributed by atoms with Gasteiger partial charge in [-0.2, -0.15) is 13.2 Å². The van der Waals surface area contributed by atoms with Crippen molar-refractivity contribution in [2.24, 2.45) is 0 Å². The van der Waals surface area contributed by atoms with Crippen LogP contribution in [0.15, 0.2) is 18.2 Å². The largest absolute Gasteiger partial charge is 0.417 e. The van der Waals surface area contributed by atoms with Gasteiger partial charge < -0.3 is 10.6 Å². The Balaban J connectivity index is 2.21. The van der Waals surface area contributed by atoms with Crippen molar-refractivity contribution in [1.82, 2.24) is 10.2 Å². The molecule has 2 rings (SSSR count). The van der Waals surface area contributed by atoms with E-state index in [-0.39, 0.29) is 10.7 Å². The molecule has 5 nitrogen and oxygen atoms in total. The predicted molar refractivity (Wildman–Crippen MR) is 73.9 cm³/mol. The zero-order chi connectivity index (χ0) is 15.6. The zero-order valence-electron chi connectivity index (χ0n) is 10.5. The highest BCUT2D eigenvalue weighted by Gasteiger charge is 2.33. The quantitative estimate of drug-likeness (QED) is 0.900. The fourth-order valence-electron chi connectivity index (χ4n) is 1.42. The van der Waals surface area contributed by atoms with E-state index in [2.05, 4.69) is 20.8 Å². The molecule has 0 radical (unpaired) electrons. The molecule has 1 amide bonds. The summed E-state index contributed by atoms with van der Waals surface area (Å²) in [5.41, 5.74) is -1.05. The number of rotatable bonds is 3. The Kier molecular flexibility index (Phi) is 4.33. The second-order valence-corrected chi connectivity index (χ2v) is 5.19. The molecule has 0 bridgehead atoms.